The topological polar surface area (TPSA) is 75.6 Å². The maximum atomic E-state index is 13.0. The quantitative estimate of drug-likeness (QED) is 0.515. The number of allylic oxidation sites excluding steroid dienone is 1. The third-order valence-corrected chi connectivity index (χ3v) is 6.03. The highest BCUT2D eigenvalue weighted by Crippen LogP contribution is 2.31. The first-order chi connectivity index (χ1) is 15.6. The molecule has 0 radical (unpaired) electrons. The number of anilines is 2. The van der Waals surface area contributed by atoms with Gasteiger partial charge in [0.2, 0.25) is 0 Å². The minimum atomic E-state index is -0.0486. The summed E-state index contributed by atoms with van der Waals surface area (Å²) >= 11 is 0. The zero-order valence-electron chi connectivity index (χ0n) is 21.4. The van der Waals surface area contributed by atoms with E-state index in [1.165, 1.54) is 37.1 Å². The third kappa shape index (κ3) is 6.84. The molecule has 180 valence electrons. The van der Waals surface area contributed by atoms with Gasteiger partial charge in [-0.05, 0) is 86.3 Å². The van der Waals surface area contributed by atoms with Crippen LogP contribution in [0.1, 0.15) is 86.0 Å². The summed E-state index contributed by atoms with van der Waals surface area (Å²) in [4.78, 5) is 17.2. The molecule has 33 heavy (non-hydrogen) atoms. The lowest BCUT2D eigenvalue weighted by Crippen LogP contribution is -2.26. The van der Waals surface area contributed by atoms with Crippen LogP contribution in [0.5, 0.6) is 0 Å². The van der Waals surface area contributed by atoms with Crippen molar-refractivity contribution in [2.45, 2.75) is 66.5 Å². The standard InChI is InChI=1S/C21H25N3O.C7H17N/c1-12(2)14-5-6-15-10-24(11-16(15)7-14)21(25)18-8-17(13(3)4)19(22)9-20(18)23;1-4-6-8(3)7-5-2/h5-9,13H,1,10-11,22-23H2,2-4H3;4-7H2,1-3H3. The predicted molar refractivity (Wildman–Crippen MR) is 142 cm³/mol. The Morgan fingerprint density at radius 2 is 1.64 bits per heavy atom. The molecule has 0 aliphatic carbocycles. The average molecular weight is 451 g/mol. The summed E-state index contributed by atoms with van der Waals surface area (Å²) in [6.07, 6.45) is 2.55. The number of carbonyl (C=O) groups excluding carboxylic acids is 1. The van der Waals surface area contributed by atoms with Gasteiger partial charge in [-0.15, -0.1) is 0 Å². The lowest BCUT2D eigenvalue weighted by molar-refractivity contribution is 0.0752. The molecule has 1 aliphatic heterocycles. The molecule has 0 saturated carbocycles. The van der Waals surface area contributed by atoms with E-state index in [-0.39, 0.29) is 11.8 Å². The molecule has 0 atom stereocenters. The van der Waals surface area contributed by atoms with Crippen molar-refractivity contribution in [3.63, 3.8) is 0 Å². The van der Waals surface area contributed by atoms with Crippen LogP contribution in [0.2, 0.25) is 0 Å². The van der Waals surface area contributed by atoms with E-state index in [1.54, 1.807) is 6.07 Å². The number of nitrogen functional groups attached to an aromatic ring is 2. The zero-order valence-corrected chi connectivity index (χ0v) is 21.4. The number of nitrogens with zero attached hydrogens (tertiary/aromatic N) is 2. The van der Waals surface area contributed by atoms with Gasteiger partial charge in [0.05, 0.1) is 5.56 Å². The van der Waals surface area contributed by atoms with Gasteiger partial charge in [-0.25, -0.2) is 0 Å². The molecular formula is C28H42N4O. The van der Waals surface area contributed by atoms with Crippen molar-refractivity contribution in [3.8, 4) is 0 Å². The fraction of sp³-hybridized carbons (Fsp3) is 0.464. The number of carbonyl (C=O) groups is 1. The fourth-order valence-corrected chi connectivity index (χ4v) is 4.19. The number of rotatable bonds is 7. The summed E-state index contributed by atoms with van der Waals surface area (Å²) in [5.74, 6) is 0.188. The summed E-state index contributed by atoms with van der Waals surface area (Å²) in [6, 6.07) is 9.81. The van der Waals surface area contributed by atoms with Gasteiger partial charge in [0, 0.05) is 24.5 Å². The maximum absolute atomic E-state index is 13.0. The Balaban J connectivity index is 0.000000414. The highest BCUT2D eigenvalue weighted by Gasteiger charge is 2.26. The summed E-state index contributed by atoms with van der Waals surface area (Å²) in [5, 5.41) is 0. The zero-order chi connectivity index (χ0) is 24.7. The second kappa shape index (κ2) is 11.9. The van der Waals surface area contributed by atoms with E-state index in [0.717, 1.165) is 16.7 Å². The first kappa shape index (κ1) is 26.5. The summed E-state index contributed by atoms with van der Waals surface area (Å²) < 4.78 is 0. The Morgan fingerprint density at radius 3 is 2.18 bits per heavy atom. The van der Waals surface area contributed by atoms with Crippen LogP contribution in [-0.4, -0.2) is 35.8 Å². The summed E-state index contributed by atoms with van der Waals surface area (Å²) in [5.41, 5.74) is 19.2. The van der Waals surface area contributed by atoms with Gasteiger partial charge >= 0.3 is 0 Å². The molecule has 1 aliphatic rings. The minimum Gasteiger partial charge on any atom is -0.398 e. The maximum Gasteiger partial charge on any atom is 0.256 e. The van der Waals surface area contributed by atoms with Crippen molar-refractivity contribution in [2.24, 2.45) is 0 Å². The predicted octanol–water partition coefficient (Wildman–Crippen LogP) is 5.90. The van der Waals surface area contributed by atoms with Crippen molar-refractivity contribution >= 4 is 22.9 Å². The first-order valence-electron chi connectivity index (χ1n) is 12.0. The summed E-state index contributed by atoms with van der Waals surface area (Å²) in [6.45, 7) is 18.2. The highest BCUT2D eigenvalue weighted by molar-refractivity contribution is 6.00. The second-order valence-corrected chi connectivity index (χ2v) is 9.45. The van der Waals surface area contributed by atoms with Crippen LogP contribution in [-0.2, 0) is 13.1 Å². The fourth-order valence-electron chi connectivity index (χ4n) is 4.19. The average Bonchev–Trinajstić information content (AvgIpc) is 3.17. The molecule has 1 heterocycles. The molecule has 3 rings (SSSR count). The Hall–Kier alpha value is -2.79. The van der Waals surface area contributed by atoms with Gasteiger partial charge in [-0.2, -0.15) is 0 Å². The van der Waals surface area contributed by atoms with Crippen LogP contribution in [0.3, 0.4) is 0 Å². The molecule has 4 N–H and O–H groups in total. The largest absolute Gasteiger partial charge is 0.398 e. The first-order valence-corrected chi connectivity index (χ1v) is 12.0. The Morgan fingerprint density at radius 1 is 1.03 bits per heavy atom. The molecular weight excluding hydrogens is 408 g/mol. The van der Waals surface area contributed by atoms with Crippen LogP contribution < -0.4 is 11.5 Å². The van der Waals surface area contributed by atoms with Crippen LogP contribution in [0.4, 0.5) is 11.4 Å². The third-order valence-electron chi connectivity index (χ3n) is 6.03. The number of amides is 1. The van der Waals surface area contributed by atoms with Gasteiger partial charge in [-0.1, -0.05) is 52.0 Å². The van der Waals surface area contributed by atoms with Crippen LogP contribution in [0.25, 0.3) is 5.57 Å². The molecule has 0 unspecified atom stereocenters. The van der Waals surface area contributed by atoms with Crippen molar-refractivity contribution in [3.05, 3.63) is 64.7 Å². The Kier molecular flexibility index (Phi) is 9.54. The smallest absolute Gasteiger partial charge is 0.256 e. The SMILES string of the molecule is C=C(C)c1ccc2c(c1)CN(C(=O)c1cc(C(C)C)c(N)cc1N)C2.CCCN(C)CCC. The molecule has 2 aromatic rings. The molecule has 2 aromatic carbocycles. The lowest BCUT2D eigenvalue weighted by Gasteiger charge is -2.19. The Labute approximate surface area is 200 Å². The van der Waals surface area contributed by atoms with E-state index < -0.39 is 0 Å². The van der Waals surface area contributed by atoms with E-state index in [1.807, 2.05) is 17.9 Å². The molecule has 1 amide bonds. The number of benzene rings is 2. The number of nitrogens with two attached hydrogens (primary N) is 2. The van der Waals surface area contributed by atoms with Gasteiger partial charge in [0.1, 0.15) is 0 Å². The Bertz CT molecular complexity index is 974. The highest BCUT2D eigenvalue weighted by atomic mass is 16.2. The number of fused-ring (bicyclic) bond motifs is 1. The van der Waals surface area contributed by atoms with E-state index in [9.17, 15) is 4.79 Å². The van der Waals surface area contributed by atoms with E-state index in [4.69, 9.17) is 11.5 Å². The van der Waals surface area contributed by atoms with Crippen molar-refractivity contribution < 1.29 is 4.79 Å². The van der Waals surface area contributed by atoms with E-state index >= 15 is 0 Å². The molecule has 0 fully saturated rings. The van der Waals surface area contributed by atoms with Crippen molar-refractivity contribution in [1.82, 2.24) is 9.80 Å². The molecule has 0 spiro atoms. The van der Waals surface area contributed by atoms with E-state index in [2.05, 4.69) is 64.4 Å². The van der Waals surface area contributed by atoms with Crippen molar-refractivity contribution in [2.75, 3.05) is 31.6 Å². The second-order valence-electron chi connectivity index (χ2n) is 9.45. The van der Waals surface area contributed by atoms with Gasteiger partial charge in [0.15, 0.2) is 0 Å². The van der Waals surface area contributed by atoms with Crippen LogP contribution >= 0.6 is 0 Å². The van der Waals surface area contributed by atoms with Crippen molar-refractivity contribution in [1.29, 1.82) is 0 Å². The molecule has 5 nitrogen and oxygen atoms in total. The van der Waals surface area contributed by atoms with Gasteiger partial charge in [0.25, 0.3) is 5.91 Å². The lowest BCUT2D eigenvalue weighted by atomic mass is 9.97. The molecule has 0 aromatic heterocycles. The number of hydrogen-bond acceptors (Lipinski definition) is 4. The number of hydrogen-bond donors (Lipinski definition) is 2. The summed E-state index contributed by atoms with van der Waals surface area (Å²) in [7, 11) is 2.17. The molecule has 5 heteroatoms. The van der Waals surface area contributed by atoms with Gasteiger partial charge < -0.3 is 21.3 Å². The van der Waals surface area contributed by atoms with Crippen LogP contribution in [0, 0.1) is 0 Å². The molecule has 0 bridgehead atoms. The monoisotopic (exact) mass is 450 g/mol. The van der Waals surface area contributed by atoms with E-state index in [0.29, 0.717) is 30.0 Å². The minimum absolute atomic E-state index is 0.0486. The normalized spacial score (nSPS) is 12.5. The molecule has 0 saturated heterocycles. The van der Waals surface area contributed by atoms with Crippen LogP contribution in [0.15, 0.2) is 36.9 Å². The van der Waals surface area contributed by atoms with Gasteiger partial charge in [-0.3, -0.25) is 4.79 Å².